The van der Waals surface area contributed by atoms with E-state index in [-0.39, 0.29) is 5.91 Å². The minimum atomic E-state index is -1.02. The van der Waals surface area contributed by atoms with Gasteiger partial charge in [0, 0.05) is 22.5 Å². The van der Waals surface area contributed by atoms with Crippen molar-refractivity contribution in [2.24, 2.45) is 11.8 Å². The monoisotopic (exact) mass is 349 g/mol. The predicted octanol–water partition coefficient (Wildman–Crippen LogP) is 3.18. The van der Waals surface area contributed by atoms with Gasteiger partial charge in [-0.15, -0.1) is 0 Å². The Bertz CT molecular complexity index is 1080. The third-order valence-corrected chi connectivity index (χ3v) is 5.13. The second kappa shape index (κ2) is 5.44. The van der Waals surface area contributed by atoms with E-state index in [0.29, 0.717) is 11.3 Å². The number of amides is 1. The number of para-hydroxylation sites is 1. The first kappa shape index (κ1) is 15.2. The van der Waals surface area contributed by atoms with Gasteiger partial charge in [-0.05, 0) is 18.2 Å². The molecule has 130 valence electrons. The van der Waals surface area contributed by atoms with Gasteiger partial charge in [0.25, 0.3) is 0 Å². The number of furan rings is 1. The van der Waals surface area contributed by atoms with E-state index in [1.807, 2.05) is 30.3 Å². The molecule has 26 heavy (non-hydrogen) atoms. The van der Waals surface area contributed by atoms with Crippen molar-refractivity contribution in [2.75, 3.05) is 5.32 Å². The van der Waals surface area contributed by atoms with Crippen LogP contribution in [-0.2, 0) is 14.3 Å². The smallest absolute Gasteiger partial charge is 0.310 e. The van der Waals surface area contributed by atoms with Gasteiger partial charge in [0.15, 0.2) is 0 Å². The zero-order valence-electron chi connectivity index (χ0n) is 13.6. The summed E-state index contributed by atoms with van der Waals surface area (Å²) in [6, 6.07) is 13.2. The van der Waals surface area contributed by atoms with Gasteiger partial charge in [-0.2, -0.15) is 0 Å². The number of hydrogen-bond acceptors (Lipinski definition) is 4. The molecule has 2 N–H and O–H groups in total. The number of benzene rings is 2. The molecule has 2 aliphatic heterocycles. The Morgan fingerprint density at radius 2 is 1.65 bits per heavy atom. The van der Waals surface area contributed by atoms with Crippen LogP contribution in [-0.4, -0.2) is 29.2 Å². The van der Waals surface area contributed by atoms with Gasteiger partial charge in [0.05, 0.1) is 18.1 Å². The molecular weight excluding hydrogens is 334 g/mol. The first-order chi connectivity index (χ1) is 12.6. The number of anilines is 1. The van der Waals surface area contributed by atoms with Gasteiger partial charge in [-0.3, -0.25) is 9.59 Å². The van der Waals surface area contributed by atoms with E-state index in [1.54, 1.807) is 24.3 Å². The number of rotatable bonds is 3. The van der Waals surface area contributed by atoms with E-state index in [9.17, 15) is 14.7 Å². The summed E-state index contributed by atoms with van der Waals surface area (Å²) in [5.74, 6) is -2.98. The van der Waals surface area contributed by atoms with Crippen molar-refractivity contribution in [2.45, 2.75) is 12.2 Å². The van der Waals surface area contributed by atoms with Gasteiger partial charge in [0.2, 0.25) is 5.91 Å². The van der Waals surface area contributed by atoms with Crippen molar-refractivity contribution in [1.82, 2.24) is 0 Å². The maximum Gasteiger partial charge on any atom is 0.310 e. The number of ether oxygens (including phenoxy) is 1. The van der Waals surface area contributed by atoms with Gasteiger partial charge in [-0.25, -0.2) is 0 Å². The van der Waals surface area contributed by atoms with Crippen LogP contribution >= 0.6 is 0 Å². The largest absolute Gasteiger partial charge is 0.481 e. The van der Waals surface area contributed by atoms with E-state index < -0.39 is 30.0 Å². The van der Waals surface area contributed by atoms with Crippen LogP contribution in [0.15, 0.2) is 59.0 Å². The highest BCUT2D eigenvalue weighted by atomic mass is 16.5. The summed E-state index contributed by atoms with van der Waals surface area (Å²) in [7, 11) is 0. The molecular formula is C20H15NO5. The minimum absolute atomic E-state index is 0.357. The molecule has 1 saturated heterocycles. The van der Waals surface area contributed by atoms with Crippen molar-refractivity contribution in [3.63, 3.8) is 0 Å². The zero-order valence-corrected chi connectivity index (χ0v) is 13.6. The highest BCUT2D eigenvalue weighted by Crippen LogP contribution is 2.40. The maximum absolute atomic E-state index is 12.7. The van der Waals surface area contributed by atoms with Crippen LogP contribution in [0.5, 0.6) is 0 Å². The Hall–Kier alpha value is -3.12. The van der Waals surface area contributed by atoms with Crippen molar-refractivity contribution in [3.8, 4) is 0 Å². The van der Waals surface area contributed by atoms with Crippen LogP contribution in [0, 0.1) is 11.8 Å². The molecule has 1 fully saturated rings. The van der Waals surface area contributed by atoms with E-state index >= 15 is 0 Å². The van der Waals surface area contributed by atoms with Crippen LogP contribution < -0.4 is 5.32 Å². The number of carboxylic acids is 1. The third kappa shape index (κ3) is 2.16. The van der Waals surface area contributed by atoms with Crippen LogP contribution in [0.1, 0.15) is 0 Å². The number of nitrogens with one attached hydrogen (secondary N) is 1. The second-order valence-electron chi connectivity index (χ2n) is 6.64. The molecule has 2 aromatic carbocycles. The lowest BCUT2D eigenvalue weighted by Gasteiger charge is -2.20. The molecule has 0 aliphatic carbocycles. The number of aliphatic carboxylic acids is 1. The second-order valence-corrected chi connectivity index (χ2v) is 6.64. The SMILES string of the molecule is O=C(O)[C@@H]1[C@H](C(=O)Nc2ccc3c(c2)oc2ccccc23)[C@H]2C=C[C@@H]1O2. The van der Waals surface area contributed by atoms with E-state index in [0.717, 1.165) is 16.4 Å². The van der Waals surface area contributed by atoms with Crippen LogP contribution in [0.25, 0.3) is 21.9 Å². The molecule has 1 amide bonds. The van der Waals surface area contributed by atoms with E-state index in [4.69, 9.17) is 9.15 Å². The van der Waals surface area contributed by atoms with Crippen LogP contribution in [0.2, 0.25) is 0 Å². The maximum atomic E-state index is 12.7. The first-order valence-electron chi connectivity index (χ1n) is 8.40. The summed E-state index contributed by atoms with van der Waals surface area (Å²) in [4.78, 5) is 24.2. The fourth-order valence-electron chi connectivity index (χ4n) is 3.94. The van der Waals surface area contributed by atoms with Gasteiger partial charge >= 0.3 is 5.97 Å². The topological polar surface area (TPSA) is 88.8 Å². The average Bonchev–Trinajstić information content (AvgIpc) is 3.33. The summed E-state index contributed by atoms with van der Waals surface area (Å²) in [5, 5.41) is 14.2. The van der Waals surface area contributed by atoms with Crippen LogP contribution in [0.3, 0.4) is 0 Å². The highest BCUT2D eigenvalue weighted by Gasteiger charge is 2.53. The van der Waals surface area contributed by atoms with E-state index in [2.05, 4.69) is 5.32 Å². The Labute approximate surface area is 148 Å². The molecule has 3 aromatic rings. The number of carbonyl (C=O) groups excluding carboxylic acids is 1. The molecule has 0 saturated carbocycles. The summed E-state index contributed by atoms with van der Waals surface area (Å²) in [6.07, 6.45) is 2.45. The Morgan fingerprint density at radius 3 is 2.46 bits per heavy atom. The Morgan fingerprint density at radius 1 is 0.923 bits per heavy atom. The molecule has 4 atom stereocenters. The van der Waals surface area contributed by atoms with Crippen LogP contribution in [0.4, 0.5) is 5.69 Å². The van der Waals surface area contributed by atoms with Gasteiger partial charge < -0.3 is 19.6 Å². The number of carboxylic acid groups (broad SMARTS) is 1. The lowest BCUT2D eigenvalue weighted by molar-refractivity contribution is -0.145. The standard InChI is InChI=1S/C20H15NO5/c22-19(17-14-7-8-15(26-14)18(17)20(23)24)21-10-5-6-12-11-3-1-2-4-13(11)25-16(12)9-10/h1-9,14-15,17-18H,(H,21,22)(H,23,24)/t14-,15+,17-,18+/m1/s1. The van der Waals surface area contributed by atoms with E-state index in [1.165, 1.54) is 0 Å². The van der Waals surface area contributed by atoms with Crippen molar-refractivity contribution in [3.05, 3.63) is 54.6 Å². The molecule has 0 unspecified atom stereocenters. The Balaban J connectivity index is 1.45. The van der Waals surface area contributed by atoms with Crippen molar-refractivity contribution in [1.29, 1.82) is 0 Å². The molecule has 2 aliphatic rings. The predicted molar refractivity (Wildman–Crippen MR) is 94.8 cm³/mol. The summed E-state index contributed by atoms with van der Waals surface area (Å²) in [6.45, 7) is 0. The number of fused-ring (bicyclic) bond motifs is 5. The van der Waals surface area contributed by atoms with Crippen molar-refractivity contribution < 1.29 is 23.8 Å². The molecule has 1 aromatic heterocycles. The summed E-state index contributed by atoms with van der Waals surface area (Å²) >= 11 is 0. The molecule has 0 radical (unpaired) electrons. The highest BCUT2D eigenvalue weighted by molar-refractivity contribution is 6.06. The lowest BCUT2D eigenvalue weighted by Crippen LogP contribution is -2.39. The lowest BCUT2D eigenvalue weighted by atomic mass is 9.82. The third-order valence-electron chi connectivity index (χ3n) is 5.13. The zero-order chi connectivity index (χ0) is 17.8. The minimum Gasteiger partial charge on any atom is -0.481 e. The first-order valence-corrected chi connectivity index (χ1v) is 8.40. The quantitative estimate of drug-likeness (QED) is 0.709. The van der Waals surface area contributed by atoms with Crippen molar-refractivity contribution >= 4 is 39.5 Å². The molecule has 5 rings (SSSR count). The van der Waals surface area contributed by atoms with Gasteiger partial charge in [-0.1, -0.05) is 30.4 Å². The molecule has 6 heteroatoms. The molecule has 3 heterocycles. The molecule has 0 spiro atoms. The van der Waals surface area contributed by atoms with Gasteiger partial charge in [0.1, 0.15) is 17.1 Å². The molecule has 2 bridgehead atoms. The normalized spacial score (nSPS) is 26.6. The Kier molecular flexibility index (Phi) is 3.17. The average molecular weight is 349 g/mol. The fourth-order valence-corrected chi connectivity index (χ4v) is 3.94. The summed E-state index contributed by atoms with van der Waals surface area (Å²) < 4.78 is 11.4. The summed E-state index contributed by atoms with van der Waals surface area (Å²) in [5.41, 5.74) is 2.02. The number of carbonyl (C=O) groups is 2. The fraction of sp³-hybridized carbons (Fsp3) is 0.200. The number of hydrogen-bond donors (Lipinski definition) is 2. The molecule has 6 nitrogen and oxygen atoms in total.